The normalized spacial score (nSPS) is 10.1. The number of benzene rings is 1. The molecule has 1 aromatic heterocycles. The molecule has 1 heterocycles. The highest BCUT2D eigenvalue weighted by molar-refractivity contribution is 6.30. The van der Waals surface area contributed by atoms with Crippen LogP contribution in [0.15, 0.2) is 24.5 Å². The molecule has 1 aromatic carbocycles. The molecule has 19 heavy (non-hydrogen) atoms. The van der Waals surface area contributed by atoms with Gasteiger partial charge in [0, 0.05) is 7.05 Å². The maximum atomic E-state index is 13.7. The van der Waals surface area contributed by atoms with Gasteiger partial charge in [-0.25, -0.2) is 9.37 Å². The van der Waals surface area contributed by atoms with E-state index in [0.717, 1.165) is 0 Å². The molecule has 2 aromatic rings. The van der Waals surface area contributed by atoms with Gasteiger partial charge < -0.3 is 14.8 Å². The van der Waals surface area contributed by atoms with Gasteiger partial charge in [0.15, 0.2) is 17.4 Å². The lowest BCUT2D eigenvalue weighted by Crippen LogP contribution is -2.01. The fourth-order valence-corrected chi connectivity index (χ4v) is 1.63. The van der Waals surface area contributed by atoms with E-state index in [4.69, 9.17) is 21.1 Å². The number of nitrogens with one attached hydrogen (secondary N) is 1. The summed E-state index contributed by atoms with van der Waals surface area (Å²) in [6.45, 7) is 0. The Morgan fingerprint density at radius 3 is 2.79 bits per heavy atom. The zero-order valence-corrected chi connectivity index (χ0v) is 11.0. The van der Waals surface area contributed by atoms with Crippen LogP contribution in [0, 0.1) is 5.82 Å². The van der Waals surface area contributed by atoms with Crippen molar-refractivity contribution in [3.63, 3.8) is 0 Å². The minimum Gasteiger partial charge on any atom is -0.489 e. The number of ether oxygens (including phenoxy) is 2. The summed E-state index contributed by atoms with van der Waals surface area (Å²) >= 11 is 5.68. The predicted octanol–water partition coefficient (Wildman–Crippen LogP) is 3.11. The third kappa shape index (κ3) is 2.68. The third-order valence-electron chi connectivity index (χ3n) is 2.33. The highest BCUT2D eigenvalue weighted by Gasteiger charge is 2.16. The first kappa shape index (κ1) is 13.4. The van der Waals surface area contributed by atoms with Gasteiger partial charge in [0.25, 0.3) is 5.88 Å². The zero-order valence-electron chi connectivity index (χ0n) is 10.3. The van der Waals surface area contributed by atoms with Crippen LogP contribution < -0.4 is 14.8 Å². The zero-order chi connectivity index (χ0) is 13.8. The molecule has 2 rings (SSSR count). The quantitative estimate of drug-likeness (QED) is 0.934. The number of nitrogens with zero attached hydrogens (tertiary/aromatic N) is 2. The largest absolute Gasteiger partial charge is 0.489 e. The molecule has 1 N–H and O–H groups in total. The smallest absolute Gasteiger partial charge is 0.268 e. The molecular weight excluding hydrogens is 273 g/mol. The van der Waals surface area contributed by atoms with Gasteiger partial charge in [0.1, 0.15) is 6.33 Å². The summed E-state index contributed by atoms with van der Waals surface area (Å²) in [5.41, 5.74) is 0. The Labute approximate surface area is 114 Å². The standard InChI is InChI=1S/C12H11ClFN3O2/c1-15-11-10(18-2)12(17-6-16-11)19-8-5-3-4-7(13)9(8)14/h3-6H,1-2H3,(H,15,16,17). The topological polar surface area (TPSA) is 56.3 Å². The molecule has 0 unspecified atom stereocenters. The van der Waals surface area contributed by atoms with Gasteiger partial charge in [0.2, 0.25) is 5.75 Å². The molecule has 0 radical (unpaired) electrons. The van der Waals surface area contributed by atoms with E-state index in [1.54, 1.807) is 13.1 Å². The van der Waals surface area contributed by atoms with Crippen molar-refractivity contribution in [2.75, 3.05) is 19.5 Å². The molecule has 0 aliphatic rings. The first-order chi connectivity index (χ1) is 9.17. The fraction of sp³-hybridized carbons (Fsp3) is 0.167. The van der Waals surface area contributed by atoms with Gasteiger partial charge >= 0.3 is 0 Å². The number of halogens is 2. The van der Waals surface area contributed by atoms with Crippen molar-refractivity contribution in [2.24, 2.45) is 0 Å². The number of rotatable bonds is 4. The van der Waals surface area contributed by atoms with Gasteiger partial charge in [-0.2, -0.15) is 4.98 Å². The molecule has 5 nitrogen and oxygen atoms in total. The second kappa shape index (κ2) is 5.71. The van der Waals surface area contributed by atoms with Gasteiger partial charge in [0.05, 0.1) is 12.1 Å². The number of hydrogen-bond donors (Lipinski definition) is 1. The Kier molecular flexibility index (Phi) is 4.01. The Morgan fingerprint density at radius 2 is 2.11 bits per heavy atom. The van der Waals surface area contributed by atoms with E-state index in [-0.39, 0.29) is 22.4 Å². The first-order valence-electron chi connectivity index (χ1n) is 5.36. The average molecular weight is 284 g/mol. The van der Waals surface area contributed by atoms with Gasteiger partial charge in [-0.1, -0.05) is 17.7 Å². The summed E-state index contributed by atoms with van der Waals surface area (Å²) in [5, 5.41) is 2.79. The van der Waals surface area contributed by atoms with Gasteiger partial charge in [-0.3, -0.25) is 0 Å². The number of methoxy groups -OCH3 is 1. The average Bonchev–Trinajstić information content (AvgIpc) is 2.43. The van der Waals surface area contributed by atoms with Crippen molar-refractivity contribution >= 4 is 17.4 Å². The van der Waals surface area contributed by atoms with Crippen LogP contribution in [0.1, 0.15) is 0 Å². The lowest BCUT2D eigenvalue weighted by Gasteiger charge is -2.12. The summed E-state index contributed by atoms with van der Waals surface area (Å²) in [6, 6.07) is 4.45. The maximum absolute atomic E-state index is 13.7. The summed E-state index contributed by atoms with van der Waals surface area (Å²) in [7, 11) is 3.12. The molecular formula is C12H11ClFN3O2. The van der Waals surface area contributed by atoms with Crippen LogP contribution in [0.2, 0.25) is 5.02 Å². The summed E-state index contributed by atoms with van der Waals surface area (Å²) in [5.74, 6) is 0.129. The Bertz CT molecular complexity index is 595. The highest BCUT2D eigenvalue weighted by Crippen LogP contribution is 2.35. The Balaban J connectivity index is 2.41. The molecule has 0 amide bonds. The van der Waals surface area contributed by atoms with Gasteiger partial charge in [-0.05, 0) is 12.1 Å². The fourth-order valence-electron chi connectivity index (χ4n) is 1.46. The molecule has 100 valence electrons. The molecule has 0 fully saturated rings. The summed E-state index contributed by atoms with van der Waals surface area (Å²) in [4.78, 5) is 7.88. The molecule has 0 saturated carbocycles. The van der Waals surface area contributed by atoms with E-state index < -0.39 is 5.82 Å². The van der Waals surface area contributed by atoms with E-state index in [1.807, 2.05) is 0 Å². The van der Waals surface area contributed by atoms with Crippen molar-refractivity contribution in [1.29, 1.82) is 0 Å². The maximum Gasteiger partial charge on any atom is 0.268 e. The van der Waals surface area contributed by atoms with E-state index in [0.29, 0.717) is 5.82 Å². The first-order valence-corrected chi connectivity index (χ1v) is 5.73. The highest BCUT2D eigenvalue weighted by atomic mass is 35.5. The molecule has 0 aliphatic carbocycles. The van der Waals surface area contributed by atoms with Crippen LogP contribution in [0.25, 0.3) is 0 Å². The Morgan fingerprint density at radius 1 is 1.32 bits per heavy atom. The van der Waals surface area contributed by atoms with Crippen LogP contribution in [-0.4, -0.2) is 24.1 Å². The molecule has 0 saturated heterocycles. The minimum absolute atomic E-state index is 0.0284. The van der Waals surface area contributed by atoms with Crippen molar-refractivity contribution in [3.05, 3.63) is 35.4 Å². The Hall–Kier alpha value is -2.08. The van der Waals surface area contributed by atoms with Crippen LogP contribution in [-0.2, 0) is 0 Å². The third-order valence-corrected chi connectivity index (χ3v) is 2.63. The second-order valence-electron chi connectivity index (χ2n) is 3.46. The van der Waals surface area contributed by atoms with Crippen LogP contribution in [0.4, 0.5) is 10.2 Å². The van der Waals surface area contributed by atoms with Crippen molar-refractivity contribution in [2.45, 2.75) is 0 Å². The van der Waals surface area contributed by atoms with E-state index >= 15 is 0 Å². The molecule has 0 spiro atoms. The number of aromatic nitrogens is 2. The van der Waals surface area contributed by atoms with E-state index in [9.17, 15) is 4.39 Å². The molecule has 7 heteroatoms. The van der Waals surface area contributed by atoms with Crippen molar-refractivity contribution in [3.8, 4) is 17.4 Å². The second-order valence-corrected chi connectivity index (χ2v) is 3.87. The van der Waals surface area contributed by atoms with Gasteiger partial charge in [-0.15, -0.1) is 0 Å². The van der Waals surface area contributed by atoms with Crippen LogP contribution >= 0.6 is 11.6 Å². The minimum atomic E-state index is -0.657. The lowest BCUT2D eigenvalue weighted by atomic mass is 10.3. The molecule has 0 bridgehead atoms. The summed E-state index contributed by atoms with van der Waals surface area (Å²) in [6.07, 6.45) is 1.28. The lowest BCUT2D eigenvalue weighted by molar-refractivity contribution is 0.360. The van der Waals surface area contributed by atoms with Crippen LogP contribution in [0.3, 0.4) is 0 Å². The summed E-state index contributed by atoms with van der Waals surface area (Å²) < 4.78 is 24.3. The molecule has 0 aliphatic heterocycles. The number of anilines is 1. The molecule has 0 atom stereocenters. The monoisotopic (exact) mass is 283 g/mol. The van der Waals surface area contributed by atoms with E-state index in [1.165, 1.54) is 25.6 Å². The van der Waals surface area contributed by atoms with Crippen molar-refractivity contribution < 1.29 is 13.9 Å². The van der Waals surface area contributed by atoms with E-state index in [2.05, 4.69) is 15.3 Å². The number of hydrogen-bond acceptors (Lipinski definition) is 5. The van der Waals surface area contributed by atoms with Crippen molar-refractivity contribution in [1.82, 2.24) is 9.97 Å². The van der Waals surface area contributed by atoms with Crippen LogP contribution in [0.5, 0.6) is 17.4 Å². The SMILES string of the molecule is CNc1ncnc(Oc2cccc(Cl)c2F)c1OC. The predicted molar refractivity (Wildman–Crippen MR) is 69.6 cm³/mol.